The Kier molecular flexibility index (Phi) is 14.5. The number of anilines is 1. The standard InChI is InChI=1S/C29H41Cl2FN2O3S/c1-3-4-5-6-7-8-9-10-11-12-13-14-21-33-29(35)23(2)34(28-22-25(31)17-20-27(28)32)38(36,37)26-18-15-24(30)16-19-26/h15-20,22-23H,3-14,21H2,1-2H3,(H,33,35). The van der Waals surface area contributed by atoms with Crippen molar-refractivity contribution in [2.45, 2.75) is 102 Å². The lowest BCUT2D eigenvalue weighted by atomic mass is 10.1. The van der Waals surface area contributed by atoms with Gasteiger partial charge in [0.15, 0.2) is 0 Å². The number of hydrogen-bond acceptors (Lipinski definition) is 3. The van der Waals surface area contributed by atoms with Gasteiger partial charge in [0.05, 0.1) is 10.6 Å². The molecule has 0 aliphatic rings. The lowest BCUT2D eigenvalue weighted by Crippen LogP contribution is -2.48. The first-order valence-corrected chi connectivity index (χ1v) is 15.9. The molecule has 1 unspecified atom stereocenters. The van der Waals surface area contributed by atoms with E-state index < -0.39 is 27.8 Å². The zero-order valence-corrected chi connectivity index (χ0v) is 24.9. The molecule has 0 saturated carbocycles. The van der Waals surface area contributed by atoms with Gasteiger partial charge < -0.3 is 5.32 Å². The summed E-state index contributed by atoms with van der Waals surface area (Å²) in [6, 6.07) is 7.91. The Labute approximate surface area is 238 Å². The molecule has 9 heteroatoms. The molecule has 1 atom stereocenters. The summed E-state index contributed by atoms with van der Waals surface area (Å²) in [5.74, 6) is -1.31. The first-order valence-electron chi connectivity index (χ1n) is 13.7. The number of carbonyl (C=O) groups is 1. The first kappa shape index (κ1) is 32.4. The van der Waals surface area contributed by atoms with Crippen LogP contribution in [0.25, 0.3) is 0 Å². The summed E-state index contributed by atoms with van der Waals surface area (Å²) in [6.07, 6.45) is 14.5. The molecule has 0 saturated heterocycles. The van der Waals surface area contributed by atoms with E-state index in [1.807, 2.05) is 0 Å². The third-order valence-corrected chi connectivity index (χ3v) is 8.96. The fraction of sp³-hybridized carbons (Fsp3) is 0.552. The summed E-state index contributed by atoms with van der Waals surface area (Å²) in [6.45, 7) is 4.09. The van der Waals surface area contributed by atoms with Gasteiger partial charge in [0.2, 0.25) is 5.91 Å². The van der Waals surface area contributed by atoms with Crippen LogP contribution in [-0.4, -0.2) is 26.9 Å². The van der Waals surface area contributed by atoms with Crippen molar-refractivity contribution < 1.29 is 17.6 Å². The van der Waals surface area contributed by atoms with Crippen LogP contribution in [-0.2, 0) is 14.8 Å². The van der Waals surface area contributed by atoms with Crippen molar-refractivity contribution in [2.75, 3.05) is 10.8 Å². The average molecular weight is 588 g/mol. The Morgan fingerprint density at radius 2 is 1.34 bits per heavy atom. The SMILES string of the molecule is CCCCCCCCCCCCCCNC(=O)C(C)N(c1cc(Cl)ccc1F)S(=O)(=O)c1ccc(Cl)cc1. The minimum absolute atomic E-state index is 0.109. The lowest BCUT2D eigenvalue weighted by molar-refractivity contribution is -0.121. The van der Waals surface area contributed by atoms with Crippen molar-refractivity contribution >= 4 is 44.8 Å². The van der Waals surface area contributed by atoms with E-state index in [1.165, 1.54) is 101 Å². The maximum absolute atomic E-state index is 14.8. The Balaban J connectivity index is 1.90. The Bertz CT molecular complexity index is 1100. The normalized spacial score (nSPS) is 12.3. The number of hydrogen-bond donors (Lipinski definition) is 1. The van der Waals surface area contributed by atoms with E-state index >= 15 is 0 Å². The smallest absolute Gasteiger partial charge is 0.265 e. The number of sulfonamides is 1. The summed E-state index contributed by atoms with van der Waals surface area (Å²) in [7, 11) is -4.30. The topological polar surface area (TPSA) is 66.5 Å². The van der Waals surface area contributed by atoms with Crippen LogP contribution in [0.1, 0.15) is 90.9 Å². The number of nitrogens with zero attached hydrogens (tertiary/aromatic N) is 1. The Morgan fingerprint density at radius 1 is 0.842 bits per heavy atom. The molecule has 0 aromatic heterocycles. The van der Waals surface area contributed by atoms with Gasteiger partial charge in [0.1, 0.15) is 11.9 Å². The number of amides is 1. The van der Waals surface area contributed by atoms with E-state index in [2.05, 4.69) is 12.2 Å². The monoisotopic (exact) mass is 586 g/mol. The van der Waals surface area contributed by atoms with Gasteiger partial charge in [-0.15, -0.1) is 0 Å². The molecule has 0 aliphatic heterocycles. The molecule has 0 heterocycles. The molecule has 2 rings (SSSR count). The van der Waals surface area contributed by atoms with Crippen molar-refractivity contribution in [1.82, 2.24) is 5.32 Å². The van der Waals surface area contributed by atoms with Crippen LogP contribution in [0.5, 0.6) is 0 Å². The van der Waals surface area contributed by atoms with Gasteiger partial charge in [-0.25, -0.2) is 12.8 Å². The van der Waals surface area contributed by atoms with Crippen LogP contribution in [0.2, 0.25) is 10.0 Å². The van der Waals surface area contributed by atoms with E-state index in [9.17, 15) is 17.6 Å². The van der Waals surface area contributed by atoms with Crippen molar-refractivity contribution in [1.29, 1.82) is 0 Å². The highest BCUT2D eigenvalue weighted by atomic mass is 35.5. The maximum atomic E-state index is 14.8. The van der Waals surface area contributed by atoms with Gasteiger partial charge >= 0.3 is 0 Å². The molecule has 2 aromatic carbocycles. The van der Waals surface area contributed by atoms with Gasteiger partial charge in [0, 0.05) is 16.6 Å². The predicted molar refractivity (Wildman–Crippen MR) is 156 cm³/mol. The molecule has 0 bridgehead atoms. The Morgan fingerprint density at radius 3 is 1.89 bits per heavy atom. The van der Waals surface area contributed by atoms with E-state index in [0.717, 1.165) is 29.6 Å². The number of nitrogens with one attached hydrogen (secondary N) is 1. The fourth-order valence-corrected chi connectivity index (χ4v) is 6.26. The van der Waals surface area contributed by atoms with Crippen LogP contribution in [0.4, 0.5) is 10.1 Å². The molecule has 1 N–H and O–H groups in total. The summed E-state index contributed by atoms with van der Waals surface area (Å²) in [5.41, 5.74) is -0.291. The number of benzene rings is 2. The highest BCUT2D eigenvalue weighted by Gasteiger charge is 2.35. The first-order chi connectivity index (χ1) is 18.2. The largest absolute Gasteiger partial charge is 0.354 e. The van der Waals surface area contributed by atoms with Gasteiger partial charge in [-0.1, -0.05) is 101 Å². The third kappa shape index (κ3) is 10.4. The number of halogens is 3. The second-order valence-electron chi connectivity index (χ2n) is 9.71. The zero-order chi connectivity index (χ0) is 28.0. The molecule has 38 heavy (non-hydrogen) atoms. The molecular formula is C29H41Cl2FN2O3S. The predicted octanol–water partition coefficient (Wildman–Crippen LogP) is 8.53. The van der Waals surface area contributed by atoms with E-state index in [4.69, 9.17) is 23.2 Å². The molecule has 212 valence electrons. The highest BCUT2D eigenvalue weighted by molar-refractivity contribution is 7.93. The second kappa shape index (κ2) is 17.0. The molecule has 0 radical (unpaired) electrons. The highest BCUT2D eigenvalue weighted by Crippen LogP contribution is 2.31. The lowest BCUT2D eigenvalue weighted by Gasteiger charge is -2.30. The molecule has 0 fully saturated rings. The summed E-state index contributed by atoms with van der Waals surface area (Å²) in [5, 5.41) is 3.33. The van der Waals surface area contributed by atoms with Crippen LogP contribution in [0.15, 0.2) is 47.4 Å². The Hall–Kier alpha value is -1.83. The molecule has 2 aromatic rings. The van der Waals surface area contributed by atoms with Gasteiger partial charge in [-0.3, -0.25) is 9.10 Å². The molecule has 0 aliphatic carbocycles. The van der Waals surface area contributed by atoms with Gasteiger partial charge in [-0.05, 0) is 55.8 Å². The average Bonchev–Trinajstić information content (AvgIpc) is 2.89. The summed E-state index contributed by atoms with van der Waals surface area (Å²) in [4.78, 5) is 12.9. The van der Waals surface area contributed by atoms with Gasteiger partial charge in [0.25, 0.3) is 10.0 Å². The van der Waals surface area contributed by atoms with Crippen molar-refractivity contribution in [3.63, 3.8) is 0 Å². The van der Waals surface area contributed by atoms with Crippen molar-refractivity contribution in [3.8, 4) is 0 Å². The quantitative estimate of drug-likeness (QED) is 0.178. The number of unbranched alkanes of at least 4 members (excludes halogenated alkanes) is 11. The van der Waals surface area contributed by atoms with Crippen LogP contribution >= 0.6 is 23.2 Å². The van der Waals surface area contributed by atoms with Crippen LogP contribution in [0.3, 0.4) is 0 Å². The number of rotatable bonds is 18. The maximum Gasteiger partial charge on any atom is 0.265 e. The molecule has 0 spiro atoms. The van der Waals surface area contributed by atoms with Crippen molar-refractivity contribution in [3.05, 3.63) is 58.3 Å². The number of carbonyl (C=O) groups excluding carboxylic acids is 1. The molecule has 1 amide bonds. The fourth-order valence-electron chi connectivity index (χ4n) is 4.35. The van der Waals surface area contributed by atoms with E-state index in [0.29, 0.717) is 11.6 Å². The van der Waals surface area contributed by atoms with E-state index in [1.54, 1.807) is 0 Å². The third-order valence-electron chi connectivity index (χ3n) is 6.58. The summed E-state index contributed by atoms with van der Waals surface area (Å²) < 4.78 is 42.7. The molecule has 5 nitrogen and oxygen atoms in total. The van der Waals surface area contributed by atoms with Crippen LogP contribution in [0, 0.1) is 5.82 Å². The van der Waals surface area contributed by atoms with Gasteiger partial charge in [-0.2, -0.15) is 0 Å². The van der Waals surface area contributed by atoms with E-state index in [-0.39, 0.29) is 15.6 Å². The molecular weight excluding hydrogens is 546 g/mol. The summed E-state index contributed by atoms with van der Waals surface area (Å²) >= 11 is 12.0. The zero-order valence-electron chi connectivity index (χ0n) is 22.5. The van der Waals surface area contributed by atoms with Crippen molar-refractivity contribution in [2.24, 2.45) is 0 Å². The van der Waals surface area contributed by atoms with Crippen LogP contribution < -0.4 is 9.62 Å². The minimum Gasteiger partial charge on any atom is -0.354 e. The minimum atomic E-state index is -4.30. The second-order valence-corrected chi connectivity index (χ2v) is 12.4.